The van der Waals surface area contributed by atoms with Crippen molar-refractivity contribution in [3.8, 4) is 5.82 Å². The number of Topliss-reactive ketones (excluding diaryl/α,β-unsaturated/α-hetero) is 1. The SMILES string of the molecule is Cc1cc(-n2c(C)cc(C(=O)COC(=O)c3cc(C4CC4)nc4onc(C)c34)c2C)no1. The van der Waals surface area contributed by atoms with Gasteiger partial charge in [-0.05, 0) is 52.7 Å². The van der Waals surface area contributed by atoms with Gasteiger partial charge in [0.1, 0.15) is 5.76 Å². The molecule has 32 heavy (non-hydrogen) atoms. The summed E-state index contributed by atoms with van der Waals surface area (Å²) >= 11 is 0. The fourth-order valence-electron chi connectivity index (χ4n) is 4.01. The van der Waals surface area contributed by atoms with E-state index >= 15 is 0 Å². The summed E-state index contributed by atoms with van der Waals surface area (Å²) in [5, 5.41) is 8.47. The summed E-state index contributed by atoms with van der Waals surface area (Å²) in [7, 11) is 0. The number of hydrogen-bond donors (Lipinski definition) is 0. The second-order valence-corrected chi connectivity index (χ2v) is 8.23. The summed E-state index contributed by atoms with van der Waals surface area (Å²) in [6.07, 6.45) is 2.05. The van der Waals surface area contributed by atoms with Crippen molar-refractivity contribution in [2.75, 3.05) is 6.61 Å². The van der Waals surface area contributed by atoms with Crippen LogP contribution in [-0.4, -0.2) is 38.2 Å². The number of aryl methyl sites for hydroxylation is 3. The summed E-state index contributed by atoms with van der Waals surface area (Å²) in [6, 6.07) is 5.28. The number of pyridine rings is 1. The molecule has 4 aromatic heterocycles. The maximum atomic E-state index is 12.9. The van der Waals surface area contributed by atoms with Gasteiger partial charge in [-0.25, -0.2) is 9.78 Å². The third kappa shape index (κ3) is 3.39. The van der Waals surface area contributed by atoms with Gasteiger partial charge in [-0.3, -0.25) is 9.36 Å². The third-order valence-corrected chi connectivity index (χ3v) is 5.76. The largest absolute Gasteiger partial charge is 0.454 e. The second-order valence-electron chi connectivity index (χ2n) is 8.23. The molecule has 0 N–H and O–H groups in total. The number of esters is 1. The van der Waals surface area contributed by atoms with Gasteiger partial charge in [-0.15, -0.1) is 0 Å². The highest BCUT2D eigenvalue weighted by Crippen LogP contribution is 2.40. The molecule has 4 aromatic rings. The van der Waals surface area contributed by atoms with Crippen LogP contribution in [0.3, 0.4) is 0 Å². The molecule has 0 bridgehead atoms. The van der Waals surface area contributed by atoms with Gasteiger partial charge in [0.05, 0.1) is 16.6 Å². The fourth-order valence-corrected chi connectivity index (χ4v) is 4.01. The third-order valence-electron chi connectivity index (χ3n) is 5.76. The molecule has 1 saturated carbocycles. The highest BCUT2D eigenvalue weighted by molar-refractivity contribution is 6.05. The number of carbonyl (C=O) groups is 2. The van der Waals surface area contributed by atoms with Crippen molar-refractivity contribution in [2.24, 2.45) is 0 Å². The predicted molar refractivity (Wildman–Crippen MR) is 113 cm³/mol. The van der Waals surface area contributed by atoms with Crippen molar-refractivity contribution in [3.63, 3.8) is 0 Å². The lowest BCUT2D eigenvalue weighted by atomic mass is 10.1. The minimum absolute atomic E-state index is 0.298. The number of ether oxygens (including phenoxy) is 1. The standard InChI is InChI=1S/C23H22N4O5/c1-11-7-16(14(4)27(11)20-8-12(2)31-26-20)19(28)10-30-23(29)17-9-18(15-5-6-15)24-22-21(17)13(3)25-32-22/h7-9,15H,5-6,10H2,1-4H3. The van der Waals surface area contributed by atoms with E-state index in [4.69, 9.17) is 13.8 Å². The van der Waals surface area contributed by atoms with Gasteiger partial charge in [0, 0.05) is 34.6 Å². The first kappa shape index (κ1) is 20.2. The molecule has 1 fully saturated rings. The Kier molecular flexibility index (Phi) is 4.69. The van der Waals surface area contributed by atoms with Crippen molar-refractivity contribution in [1.29, 1.82) is 0 Å². The van der Waals surface area contributed by atoms with Crippen LogP contribution in [0.25, 0.3) is 16.9 Å². The first-order chi connectivity index (χ1) is 15.3. The maximum absolute atomic E-state index is 12.9. The molecule has 0 unspecified atom stereocenters. The molecule has 5 rings (SSSR count). The highest BCUT2D eigenvalue weighted by atomic mass is 16.5. The maximum Gasteiger partial charge on any atom is 0.339 e. The molecule has 1 aliphatic carbocycles. The number of ketones is 1. The van der Waals surface area contributed by atoms with Crippen molar-refractivity contribution in [3.05, 3.63) is 57.9 Å². The number of carbonyl (C=O) groups excluding carboxylic acids is 2. The lowest BCUT2D eigenvalue weighted by molar-refractivity contribution is 0.0476. The van der Waals surface area contributed by atoms with Gasteiger partial charge in [-0.2, -0.15) is 0 Å². The van der Waals surface area contributed by atoms with Crippen LogP contribution in [0.1, 0.15) is 68.0 Å². The van der Waals surface area contributed by atoms with Crippen molar-refractivity contribution in [1.82, 2.24) is 19.9 Å². The lowest BCUT2D eigenvalue weighted by Gasteiger charge is -2.08. The Bertz CT molecular complexity index is 1370. The lowest BCUT2D eigenvalue weighted by Crippen LogP contribution is -2.16. The highest BCUT2D eigenvalue weighted by Gasteiger charge is 2.29. The van der Waals surface area contributed by atoms with Crippen molar-refractivity contribution >= 4 is 22.9 Å². The number of fused-ring (bicyclic) bond motifs is 1. The molecular formula is C23H22N4O5. The van der Waals surface area contributed by atoms with E-state index in [1.165, 1.54) is 0 Å². The second kappa shape index (κ2) is 7.44. The zero-order valence-corrected chi connectivity index (χ0v) is 18.3. The molecule has 0 aromatic carbocycles. The molecule has 0 spiro atoms. The van der Waals surface area contributed by atoms with Gasteiger partial charge in [0.2, 0.25) is 5.78 Å². The Morgan fingerprint density at radius 1 is 1.06 bits per heavy atom. The topological polar surface area (TPSA) is 113 Å². The van der Waals surface area contributed by atoms with E-state index in [-0.39, 0.29) is 12.4 Å². The average molecular weight is 434 g/mol. The monoisotopic (exact) mass is 434 g/mol. The van der Waals surface area contributed by atoms with E-state index in [9.17, 15) is 9.59 Å². The van der Waals surface area contributed by atoms with E-state index in [0.717, 1.165) is 24.2 Å². The van der Waals surface area contributed by atoms with Gasteiger partial charge in [-0.1, -0.05) is 10.3 Å². The molecule has 0 aliphatic heterocycles. The average Bonchev–Trinajstić information content (AvgIpc) is 3.34. The summed E-state index contributed by atoms with van der Waals surface area (Å²) in [5.74, 6) is 0.701. The van der Waals surface area contributed by atoms with E-state index in [2.05, 4.69) is 15.3 Å². The molecular weight excluding hydrogens is 412 g/mol. The number of hydrogen-bond acceptors (Lipinski definition) is 8. The smallest absolute Gasteiger partial charge is 0.339 e. The molecule has 9 heteroatoms. The first-order valence-corrected chi connectivity index (χ1v) is 10.4. The predicted octanol–water partition coefficient (Wildman–Crippen LogP) is 4.15. The van der Waals surface area contributed by atoms with Crippen LogP contribution in [0.2, 0.25) is 0 Å². The first-order valence-electron chi connectivity index (χ1n) is 10.4. The van der Waals surface area contributed by atoms with Gasteiger partial charge in [0.25, 0.3) is 5.71 Å². The zero-order valence-electron chi connectivity index (χ0n) is 18.3. The van der Waals surface area contributed by atoms with Gasteiger partial charge < -0.3 is 13.8 Å². The molecule has 0 amide bonds. The van der Waals surface area contributed by atoms with E-state index in [0.29, 0.717) is 51.1 Å². The Morgan fingerprint density at radius 2 is 1.84 bits per heavy atom. The molecule has 1 aliphatic rings. The molecule has 4 heterocycles. The quantitative estimate of drug-likeness (QED) is 0.328. The molecule has 0 atom stereocenters. The van der Waals surface area contributed by atoms with Crippen LogP contribution in [0.5, 0.6) is 0 Å². The minimum Gasteiger partial charge on any atom is -0.454 e. The summed E-state index contributed by atoms with van der Waals surface area (Å²) < 4.78 is 17.7. The van der Waals surface area contributed by atoms with Crippen LogP contribution >= 0.6 is 0 Å². The fraction of sp³-hybridized carbons (Fsp3) is 0.348. The number of nitrogens with zero attached hydrogens (tertiary/aromatic N) is 4. The van der Waals surface area contributed by atoms with Crippen LogP contribution in [0.15, 0.2) is 27.2 Å². The van der Waals surface area contributed by atoms with E-state index < -0.39 is 5.97 Å². The number of aromatic nitrogens is 4. The van der Waals surface area contributed by atoms with Crippen molar-refractivity contribution in [2.45, 2.75) is 46.5 Å². The van der Waals surface area contributed by atoms with Gasteiger partial charge >= 0.3 is 5.97 Å². The molecule has 0 radical (unpaired) electrons. The Balaban J connectivity index is 1.38. The molecule has 9 nitrogen and oxygen atoms in total. The normalized spacial score (nSPS) is 13.6. The van der Waals surface area contributed by atoms with E-state index in [1.807, 2.05) is 18.4 Å². The summed E-state index contributed by atoms with van der Waals surface area (Å²) in [5.41, 5.74) is 3.99. The Hall–Kier alpha value is -3.75. The van der Waals surface area contributed by atoms with Gasteiger partial charge in [0.15, 0.2) is 12.4 Å². The minimum atomic E-state index is -0.597. The van der Waals surface area contributed by atoms with Crippen LogP contribution in [0, 0.1) is 27.7 Å². The van der Waals surface area contributed by atoms with E-state index in [1.54, 1.807) is 32.0 Å². The van der Waals surface area contributed by atoms with Crippen LogP contribution in [-0.2, 0) is 4.74 Å². The Morgan fingerprint density at radius 3 is 2.53 bits per heavy atom. The Labute approximate surface area is 183 Å². The summed E-state index contributed by atoms with van der Waals surface area (Å²) in [4.78, 5) is 30.3. The van der Waals surface area contributed by atoms with Crippen LogP contribution < -0.4 is 0 Å². The number of rotatable bonds is 6. The molecule has 0 saturated heterocycles. The van der Waals surface area contributed by atoms with Crippen molar-refractivity contribution < 1.29 is 23.4 Å². The zero-order chi connectivity index (χ0) is 22.6. The van der Waals surface area contributed by atoms with Crippen LogP contribution in [0.4, 0.5) is 0 Å². The summed E-state index contributed by atoms with van der Waals surface area (Å²) in [6.45, 7) is 6.86. The molecule has 164 valence electrons.